The van der Waals surface area contributed by atoms with Crippen molar-refractivity contribution in [1.29, 1.82) is 0 Å². The quantitative estimate of drug-likeness (QED) is 0.893. The SMILES string of the molecule is CN1CCOC(CNc2c(Br)cccc2Br)C1. The lowest BCUT2D eigenvalue weighted by Crippen LogP contribution is -2.43. The van der Waals surface area contributed by atoms with Crippen LogP contribution in [0.5, 0.6) is 0 Å². The first kappa shape index (κ1) is 13.3. The molecule has 2 rings (SSSR count). The van der Waals surface area contributed by atoms with Crippen molar-refractivity contribution in [2.75, 3.05) is 38.6 Å². The van der Waals surface area contributed by atoms with Crippen molar-refractivity contribution < 1.29 is 4.74 Å². The average Bonchev–Trinajstić information content (AvgIpc) is 2.28. The van der Waals surface area contributed by atoms with Gasteiger partial charge in [-0.25, -0.2) is 0 Å². The van der Waals surface area contributed by atoms with Gasteiger partial charge in [-0.15, -0.1) is 0 Å². The fourth-order valence-corrected chi connectivity index (χ4v) is 3.15. The second-order valence-corrected chi connectivity index (χ2v) is 5.94. The Morgan fingerprint density at radius 1 is 1.41 bits per heavy atom. The number of anilines is 1. The van der Waals surface area contributed by atoms with E-state index >= 15 is 0 Å². The van der Waals surface area contributed by atoms with E-state index in [1.54, 1.807) is 0 Å². The molecule has 1 aromatic rings. The number of nitrogens with one attached hydrogen (secondary N) is 1. The zero-order valence-electron chi connectivity index (χ0n) is 9.75. The highest BCUT2D eigenvalue weighted by molar-refractivity contribution is 9.11. The van der Waals surface area contributed by atoms with Gasteiger partial charge in [0.05, 0.1) is 18.4 Å². The van der Waals surface area contributed by atoms with Gasteiger partial charge in [0, 0.05) is 28.6 Å². The van der Waals surface area contributed by atoms with Gasteiger partial charge < -0.3 is 15.0 Å². The largest absolute Gasteiger partial charge is 0.381 e. The molecule has 0 spiro atoms. The Morgan fingerprint density at radius 2 is 2.12 bits per heavy atom. The molecule has 0 amide bonds. The molecular formula is C12H16Br2N2O. The fraction of sp³-hybridized carbons (Fsp3) is 0.500. The van der Waals surface area contributed by atoms with E-state index in [9.17, 15) is 0 Å². The molecule has 1 aliphatic heterocycles. The van der Waals surface area contributed by atoms with E-state index in [1.807, 2.05) is 18.2 Å². The molecule has 94 valence electrons. The van der Waals surface area contributed by atoms with E-state index in [-0.39, 0.29) is 6.10 Å². The number of ether oxygens (including phenoxy) is 1. The van der Waals surface area contributed by atoms with E-state index in [1.165, 1.54) is 0 Å². The van der Waals surface area contributed by atoms with Gasteiger partial charge in [0.25, 0.3) is 0 Å². The maximum atomic E-state index is 5.72. The van der Waals surface area contributed by atoms with Crippen LogP contribution in [0.3, 0.4) is 0 Å². The molecule has 0 saturated carbocycles. The third kappa shape index (κ3) is 3.68. The van der Waals surface area contributed by atoms with Crippen molar-refractivity contribution >= 4 is 37.5 Å². The number of benzene rings is 1. The summed E-state index contributed by atoms with van der Waals surface area (Å²) in [4.78, 5) is 2.30. The van der Waals surface area contributed by atoms with E-state index in [0.717, 1.165) is 40.9 Å². The van der Waals surface area contributed by atoms with Crippen LogP contribution < -0.4 is 5.32 Å². The molecule has 1 aromatic carbocycles. The van der Waals surface area contributed by atoms with Gasteiger partial charge in [0.15, 0.2) is 0 Å². The number of halogens is 2. The molecule has 1 saturated heterocycles. The number of morpholine rings is 1. The van der Waals surface area contributed by atoms with Crippen molar-refractivity contribution in [3.05, 3.63) is 27.1 Å². The second kappa shape index (κ2) is 6.18. The first-order chi connectivity index (χ1) is 8.16. The lowest BCUT2D eigenvalue weighted by molar-refractivity contribution is -0.0117. The van der Waals surface area contributed by atoms with Gasteiger partial charge >= 0.3 is 0 Å². The normalized spacial score (nSPS) is 21.5. The molecule has 1 fully saturated rings. The smallest absolute Gasteiger partial charge is 0.0874 e. The van der Waals surface area contributed by atoms with Gasteiger partial charge in [-0.05, 0) is 51.0 Å². The van der Waals surface area contributed by atoms with Crippen molar-refractivity contribution in [1.82, 2.24) is 4.90 Å². The predicted molar refractivity (Wildman–Crippen MR) is 77.6 cm³/mol. The number of nitrogens with zero attached hydrogens (tertiary/aromatic N) is 1. The predicted octanol–water partition coefficient (Wildman–Crippen LogP) is 2.95. The summed E-state index contributed by atoms with van der Waals surface area (Å²) in [7, 11) is 2.13. The lowest BCUT2D eigenvalue weighted by atomic mass is 10.2. The Balaban J connectivity index is 1.93. The van der Waals surface area contributed by atoms with Crippen LogP contribution in [0.15, 0.2) is 27.1 Å². The van der Waals surface area contributed by atoms with Crippen LogP contribution in [0.1, 0.15) is 0 Å². The molecule has 3 nitrogen and oxygen atoms in total. The number of rotatable bonds is 3. The molecule has 1 unspecified atom stereocenters. The molecule has 0 aliphatic carbocycles. The molecule has 1 N–H and O–H groups in total. The summed E-state index contributed by atoms with van der Waals surface area (Å²) in [5.74, 6) is 0. The highest BCUT2D eigenvalue weighted by Gasteiger charge is 2.17. The Labute approximate surface area is 119 Å². The van der Waals surface area contributed by atoms with Gasteiger partial charge in [-0.2, -0.15) is 0 Å². The third-order valence-corrected chi connectivity index (χ3v) is 4.13. The van der Waals surface area contributed by atoms with Crippen molar-refractivity contribution in [3.63, 3.8) is 0 Å². The van der Waals surface area contributed by atoms with Crippen molar-refractivity contribution in [2.45, 2.75) is 6.10 Å². The van der Waals surface area contributed by atoms with Gasteiger partial charge in [0.1, 0.15) is 0 Å². The molecule has 1 heterocycles. The van der Waals surface area contributed by atoms with Crippen LogP contribution in [-0.2, 0) is 4.74 Å². The molecule has 0 aromatic heterocycles. The Kier molecular flexibility index (Phi) is 4.85. The number of likely N-dealkylation sites (N-methyl/N-ethyl adjacent to an activating group) is 1. The van der Waals surface area contributed by atoms with E-state index in [2.05, 4.69) is 49.1 Å². The summed E-state index contributed by atoms with van der Waals surface area (Å²) < 4.78 is 7.85. The summed E-state index contributed by atoms with van der Waals surface area (Å²) in [5, 5.41) is 3.43. The number of para-hydroxylation sites is 1. The van der Waals surface area contributed by atoms with Crippen LogP contribution in [0.4, 0.5) is 5.69 Å². The van der Waals surface area contributed by atoms with Crippen LogP contribution in [0, 0.1) is 0 Å². The van der Waals surface area contributed by atoms with Gasteiger partial charge in [-0.1, -0.05) is 6.07 Å². The standard InChI is InChI=1S/C12H16Br2N2O/c1-16-5-6-17-9(8-16)7-15-12-10(13)3-2-4-11(12)14/h2-4,9,15H,5-8H2,1H3. The van der Waals surface area contributed by atoms with E-state index < -0.39 is 0 Å². The van der Waals surface area contributed by atoms with E-state index in [0.29, 0.717) is 0 Å². The maximum absolute atomic E-state index is 5.72. The molecular weight excluding hydrogens is 348 g/mol. The first-order valence-electron chi connectivity index (χ1n) is 5.65. The maximum Gasteiger partial charge on any atom is 0.0874 e. The number of hydrogen-bond acceptors (Lipinski definition) is 3. The third-order valence-electron chi connectivity index (χ3n) is 2.81. The average molecular weight is 364 g/mol. The van der Waals surface area contributed by atoms with Crippen LogP contribution >= 0.6 is 31.9 Å². The summed E-state index contributed by atoms with van der Waals surface area (Å²) in [6.45, 7) is 3.65. The monoisotopic (exact) mass is 362 g/mol. The lowest BCUT2D eigenvalue weighted by Gasteiger charge is -2.30. The topological polar surface area (TPSA) is 24.5 Å². The van der Waals surface area contributed by atoms with Gasteiger partial charge in [0.2, 0.25) is 0 Å². The highest BCUT2D eigenvalue weighted by Crippen LogP contribution is 2.30. The first-order valence-corrected chi connectivity index (χ1v) is 7.23. The zero-order valence-corrected chi connectivity index (χ0v) is 12.9. The Hall–Kier alpha value is -0.100. The molecule has 0 bridgehead atoms. The Bertz CT molecular complexity index is 367. The second-order valence-electron chi connectivity index (χ2n) is 4.23. The molecule has 0 radical (unpaired) electrons. The molecule has 17 heavy (non-hydrogen) atoms. The summed E-state index contributed by atoms with van der Waals surface area (Å²) in [5.41, 5.74) is 1.09. The minimum Gasteiger partial charge on any atom is -0.381 e. The minimum absolute atomic E-state index is 0.257. The molecule has 1 atom stereocenters. The molecule has 1 aliphatic rings. The number of hydrogen-bond donors (Lipinski definition) is 1. The van der Waals surface area contributed by atoms with Crippen LogP contribution in [0.25, 0.3) is 0 Å². The van der Waals surface area contributed by atoms with Crippen LogP contribution in [-0.4, -0.2) is 44.3 Å². The Morgan fingerprint density at radius 3 is 2.76 bits per heavy atom. The highest BCUT2D eigenvalue weighted by atomic mass is 79.9. The fourth-order valence-electron chi connectivity index (χ4n) is 1.87. The summed E-state index contributed by atoms with van der Waals surface area (Å²) in [6.07, 6.45) is 0.257. The van der Waals surface area contributed by atoms with Gasteiger partial charge in [-0.3, -0.25) is 0 Å². The summed E-state index contributed by atoms with van der Waals surface area (Å²) >= 11 is 7.08. The minimum atomic E-state index is 0.257. The zero-order chi connectivity index (χ0) is 12.3. The van der Waals surface area contributed by atoms with Crippen LogP contribution in [0.2, 0.25) is 0 Å². The van der Waals surface area contributed by atoms with E-state index in [4.69, 9.17) is 4.74 Å². The molecule has 5 heteroatoms. The van der Waals surface area contributed by atoms with Crippen molar-refractivity contribution in [2.24, 2.45) is 0 Å². The van der Waals surface area contributed by atoms with Crippen molar-refractivity contribution in [3.8, 4) is 0 Å². The summed E-state index contributed by atoms with van der Waals surface area (Å²) in [6, 6.07) is 6.06.